The molecule has 8 heteroatoms. The molecule has 1 rings (SSSR count). The number of hydrogen-bond acceptors (Lipinski definition) is 5. The standard InChI is InChI=1S/C11H11FN2O4S/c1-8(11(15)18-7-6-13)14-19(16,17)10-4-2-9(12)3-5-10/h2-5,8,14H,7H2,1H3/t8-/m0/s1. The molecule has 0 radical (unpaired) electrons. The number of nitrogens with one attached hydrogen (secondary N) is 1. The van der Waals surface area contributed by atoms with Gasteiger partial charge in [0, 0.05) is 0 Å². The van der Waals surface area contributed by atoms with E-state index >= 15 is 0 Å². The van der Waals surface area contributed by atoms with Crippen LogP contribution in [-0.2, 0) is 19.6 Å². The number of sulfonamides is 1. The molecule has 0 aliphatic heterocycles. The molecule has 0 saturated carbocycles. The van der Waals surface area contributed by atoms with Crippen LogP contribution in [0.25, 0.3) is 0 Å². The fourth-order valence-corrected chi connectivity index (χ4v) is 2.38. The van der Waals surface area contributed by atoms with Crippen molar-refractivity contribution in [3.05, 3.63) is 30.1 Å². The van der Waals surface area contributed by atoms with Crippen LogP contribution in [0.1, 0.15) is 6.92 Å². The van der Waals surface area contributed by atoms with Crippen molar-refractivity contribution in [2.75, 3.05) is 6.61 Å². The second kappa shape index (κ2) is 6.26. The zero-order valence-corrected chi connectivity index (χ0v) is 10.8. The van der Waals surface area contributed by atoms with Gasteiger partial charge >= 0.3 is 5.97 Å². The van der Waals surface area contributed by atoms with Crippen LogP contribution in [0, 0.1) is 17.1 Å². The lowest BCUT2D eigenvalue weighted by molar-refractivity contribution is -0.143. The summed E-state index contributed by atoms with van der Waals surface area (Å²) in [5.74, 6) is -1.44. The number of esters is 1. The Bertz CT molecular complexity index is 592. The number of nitriles is 1. The Morgan fingerprint density at radius 3 is 2.58 bits per heavy atom. The summed E-state index contributed by atoms with van der Waals surface area (Å²) in [5, 5.41) is 8.23. The van der Waals surface area contributed by atoms with E-state index in [1.807, 2.05) is 0 Å². The molecule has 1 atom stereocenters. The third-order valence-electron chi connectivity index (χ3n) is 2.09. The highest BCUT2D eigenvalue weighted by molar-refractivity contribution is 7.89. The summed E-state index contributed by atoms with van der Waals surface area (Å²) in [7, 11) is -3.95. The van der Waals surface area contributed by atoms with Crippen molar-refractivity contribution in [1.82, 2.24) is 4.72 Å². The van der Waals surface area contributed by atoms with E-state index in [0.29, 0.717) is 0 Å². The van der Waals surface area contributed by atoms with E-state index in [0.717, 1.165) is 24.3 Å². The molecule has 0 aliphatic carbocycles. The minimum absolute atomic E-state index is 0.172. The Morgan fingerprint density at radius 1 is 1.47 bits per heavy atom. The van der Waals surface area contributed by atoms with E-state index < -0.39 is 34.5 Å². The van der Waals surface area contributed by atoms with Crippen LogP contribution in [0.4, 0.5) is 4.39 Å². The van der Waals surface area contributed by atoms with Gasteiger partial charge in [-0.05, 0) is 31.2 Å². The zero-order chi connectivity index (χ0) is 14.5. The molecule has 0 bridgehead atoms. The minimum Gasteiger partial charge on any atom is -0.449 e. The minimum atomic E-state index is -3.95. The van der Waals surface area contributed by atoms with E-state index in [1.165, 1.54) is 6.92 Å². The molecule has 1 aromatic rings. The van der Waals surface area contributed by atoms with E-state index in [9.17, 15) is 17.6 Å². The predicted molar refractivity (Wildman–Crippen MR) is 62.8 cm³/mol. The summed E-state index contributed by atoms with van der Waals surface area (Å²) >= 11 is 0. The maximum absolute atomic E-state index is 12.7. The SMILES string of the molecule is C[C@H](NS(=O)(=O)c1ccc(F)cc1)C(=O)OCC#N. The summed E-state index contributed by atoms with van der Waals surface area (Å²) in [6.07, 6.45) is 0. The van der Waals surface area contributed by atoms with Gasteiger partial charge < -0.3 is 4.74 Å². The molecule has 1 N–H and O–H groups in total. The molecule has 6 nitrogen and oxygen atoms in total. The molecule has 0 aromatic heterocycles. The Hall–Kier alpha value is -1.98. The van der Waals surface area contributed by atoms with Crippen molar-refractivity contribution in [3.63, 3.8) is 0 Å². The number of rotatable bonds is 5. The van der Waals surface area contributed by atoms with Gasteiger partial charge in [-0.15, -0.1) is 0 Å². The molecule has 0 unspecified atom stereocenters. The topological polar surface area (TPSA) is 96.3 Å². The van der Waals surface area contributed by atoms with Gasteiger partial charge in [-0.3, -0.25) is 4.79 Å². The molecule has 0 heterocycles. The van der Waals surface area contributed by atoms with Crippen molar-refractivity contribution < 1.29 is 22.3 Å². The maximum atomic E-state index is 12.7. The summed E-state index contributed by atoms with van der Waals surface area (Å²) in [6.45, 7) is 0.822. The van der Waals surface area contributed by atoms with Crippen LogP contribution < -0.4 is 4.72 Å². The molecular weight excluding hydrogens is 275 g/mol. The van der Waals surface area contributed by atoms with E-state index in [2.05, 4.69) is 9.46 Å². The Kier molecular flexibility index (Phi) is 4.97. The van der Waals surface area contributed by atoms with Crippen molar-refractivity contribution in [3.8, 4) is 6.07 Å². The molecule has 19 heavy (non-hydrogen) atoms. The van der Waals surface area contributed by atoms with Crippen LogP contribution in [0.2, 0.25) is 0 Å². The van der Waals surface area contributed by atoms with Gasteiger partial charge in [0.05, 0.1) is 4.90 Å². The summed E-state index contributed by atoms with van der Waals surface area (Å²) in [5.41, 5.74) is 0. The van der Waals surface area contributed by atoms with Crippen LogP contribution >= 0.6 is 0 Å². The molecule has 0 spiro atoms. The Labute approximate surface area is 109 Å². The molecule has 1 aromatic carbocycles. The smallest absolute Gasteiger partial charge is 0.324 e. The lowest BCUT2D eigenvalue weighted by Crippen LogP contribution is -2.39. The Morgan fingerprint density at radius 2 is 2.05 bits per heavy atom. The lowest BCUT2D eigenvalue weighted by atomic mass is 10.4. The van der Waals surface area contributed by atoms with Gasteiger partial charge in [-0.1, -0.05) is 0 Å². The molecule has 102 valence electrons. The van der Waals surface area contributed by atoms with E-state index in [1.54, 1.807) is 6.07 Å². The average Bonchev–Trinajstić information content (AvgIpc) is 2.35. The third kappa shape index (κ3) is 4.31. The van der Waals surface area contributed by atoms with Crippen LogP contribution in [-0.4, -0.2) is 27.0 Å². The van der Waals surface area contributed by atoms with Crippen LogP contribution in [0.15, 0.2) is 29.2 Å². The highest BCUT2D eigenvalue weighted by Crippen LogP contribution is 2.10. The van der Waals surface area contributed by atoms with Gasteiger partial charge in [0.1, 0.15) is 17.9 Å². The first-order valence-corrected chi connectivity index (χ1v) is 6.66. The molecule has 0 saturated heterocycles. The zero-order valence-electron chi connectivity index (χ0n) is 9.96. The molecular formula is C11H11FN2O4S. The van der Waals surface area contributed by atoms with Crippen LogP contribution in [0.3, 0.4) is 0 Å². The maximum Gasteiger partial charge on any atom is 0.324 e. The third-order valence-corrected chi connectivity index (χ3v) is 3.65. The first kappa shape index (κ1) is 15.1. The summed E-state index contributed by atoms with van der Waals surface area (Å²) in [4.78, 5) is 11.1. The van der Waals surface area contributed by atoms with Crippen molar-refractivity contribution in [2.24, 2.45) is 0 Å². The summed E-state index contributed by atoms with van der Waals surface area (Å²) < 4.78 is 42.9. The fourth-order valence-electron chi connectivity index (χ4n) is 1.19. The second-order valence-electron chi connectivity index (χ2n) is 3.56. The quantitative estimate of drug-likeness (QED) is 0.798. The number of benzene rings is 1. The number of halogens is 1. The van der Waals surface area contributed by atoms with Crippen molar-refractivity contribution in [1.29, 1.82) is 5.26 Å². The van der Waals surface area contributed by atoms with Gasteiger partial charge in [0.15, 0.2) is 6.61 Å². The van der Waals surface area contributed by atoms with E-state index in [-0.39, 0.29) is 4.90 Å². The van der Waals surface area contributed by atoms with Crippen molar-refractivity contribution >= 4 is 16.0 Å². The van der Waals surface area contributed by atoms with Crippen molar-refractivity contribution in [2.45, 2.75) is 17.9 Å². The number of nitrogens with zero attached hydrogens (tertiary/aromatic N) is 1. The molecule has 0 fully saturated rings. The number of ether oxygens (including phenoxy) is 1. The fraction of sp³-hybridized carbons (Fsp3) is 0.273. The highest BCUT2D eigenvalue weighted by atomic mass is 32.2. The number of hydrogen-bond donors (Lipinski definition) is 1. The van der Waals surface area contributed by atoms with Crippen LogP contribution in [0.5, 0.6) is 0 Å². The second-order valence-corrected chi connectivity index (χ2v) is 5.28. The first-order valence-electron chi connectivity index (χ1n) is 5.18. The largest absolute Gasteiger partial charge is 0.449 e. The predicted octanol–water partition coefficient (Wildman–Crippen LogP) is 0.559. The number of carbonyl (C=O) groups is 1. The first-order chi connectivity index (χ1) is 8.86. The van der Waals surface area contributed by atoms with Gasteiger partial charge in [-0.2, -0.15) is 9.98 Å². The summed E-state index contributed by atoms with van der Waals surface area (Å²) in [6, 6.07) is 4.58. The van der Waals surface area contributed by atoms with Gasteiger partial charge in [-0.25, -0.2) is 12.8 Å². The highest BCUT2D eigenvalue weighted by Gasteiger charge is 2.22. The molecule has 0 amide bonds. The monoisotopic (exact) mass is 286 g/mol. The average molecular weight is 286 g/mol. The Balaban J connectivity index is 2.77. The lowest BCUT2D eigenvalue weighted by Gasteiger charge is -2.12. The van der Waals surface area contributed by atoms with Gasteiger partial charge in [0.25, 0.3) is 0 Å². The normalized spacial score (nSPS) is 12.5. The molecule has 0 aliphatic rings. The van der Waals surface area contributed by atoms with Gasteiger partial charge in [0.2, 0.25) is 10.0 Å². The van der Waals surface area contributed by atoms with E-state index in [4.69, 9.17) is 5.26 Å². The number of carbonyl (C=O) groups excluding carboxylic acids is 1.